The first-order valence-electron chi connectivity index (χ1n) is 13.3. The van der Waals surface area contributed by atoms with Gasteiger partial charge in [-0.25, -0.2) is 0 Å². The highest BCUT2D eigenvalue weighted by atomic mass is 16.7. The number of ether oxygens (including phenoxy) is 4. The van der Waals surface area contributed by atoms with E-state index in [0.29, 0.717) is 12.8 Å². The normalized spacial score (nSPS) is 43.0. The molecule has 14 atom stereocenters. The maximum Gasteiger partial charge on any atom is 0.249 e. The summed E-state index contributed by atoms with van der Waals surface area (Å²) in [4.78, 5) is 15.6. The van der Waals surface area contributed by atoms with E-state index in [-0.39, 0.29) is 32.0 Å². The van der Waals surface area contributed by atoms with Gasteiger partial charge in [-0.2, -0.15) is 0 Å². The summed E-state index contributed by atoms with van der Waals surface area (Å²) in [5.74, 6) is -0.774. The molecule has 2 saturated heterocycles. The number of aliphatic hydroxyl groups is 4. The van der Waals surface area contributed by atoms with Gasteiger partial charge in [0.2, 0.25) is 5.91 Å². The maximum absolute atomic E-state index is 12.7. The smallest absolute Gasteiger partial charge is 0.249 e. The van der Waals surface area contributed by atoms with Crippen LogP contribution in [0.1, 0.15) is 25.7 Å². The topological polar surface area (TPSA) is 326 Å². The van der Waals surface area contributed by atoms with Crippen LogP contribution in [0.25, 0.3) is 10.4 Å². The molecule has 15 N–H and O–H groups in total. The van der Waals surface area contributed by atoms with Crippen molar-refractivity contribution in [3.63, 3.8) is 0 Å². The molecule has 1 aliphatic carbocycles. The lowest BCUT2D eigenvalue weighted by atomic mass is 9.82. The molecule has 3 aliphatic rings. The molecule has 2 aliphatic heterocycles. The van der Waals surface area contributed by atoms with Crippen LogP contribution in [0.2, 0.25) is 0 Å². The number of nitrogens with two attached hydrogens (primary N) is 5. The number of aliphatic hydroxyl groups excluding tert-OH is 4. The average molecular weight is 578 g/mol. The molecule has 0 aromatic heterocycles. The van der Waals surface area contributed by atoms with Crippen molar-refractivity contribution in [3.05, 3.63) is 10.4 Å². The summed E-state index contributed by atoms with van der Waals surface area (Å²) in [6, 6.07) is -4.83. The van der Waals surface area contributed by atoms with E-state index in [2.05, 4.69) is 15.3 Å². The predicted molar refractivity (Wildman–Crippen MR) is 138 cm³/mol. The number of nitrogens with zero attached hydrogens (tertiary/aromatic N) is 3. The van der Waals surface area contributed by atoms with E-state index in [0.717, 1.165) is 0 Å². The highest BCUT2D eigenvalue weighted by Crippen LogP contribution is 2.33. The number of nitrogens with one attached hydrogen (secondary N) is 1. The Bertz CT molecular complexity index is 870. The standard InChI is InChI=1S/C22H43N9O9/c23-4-3-12(33)20(36)29-11-5-10(26)18(39-21-9(25)2-1-8(6-24)37-21)15(30-31-28)19(11)40-22-17(35)14(27)16(34)13(7-32)38-22/h8-19,21-22,32-35H,1-7,23-27H2,(H,29,36)/t8?,9?,10-,11+,12-,13?,14-,15?,16-,17?,18?,19+,21-,22-/m0/s1. The number of amides is 1. The van der Waals surface area contributed by atoms with Crippen LogP contribution in [0.15, 0.2) is 5.11 Å². The Hall–Kier alpha value is -1.74. The van der Waals surface area contributed by atoms with Crippen LogP contribution in [0.5, 0.6) is 0 Å². The van der Waals surface area contributed by atoms with Gasteiger partial charge in [0.05, 0.1) is 49.1 Å². The summed E-state index contributed by atoms with van der Waals surface area (Å²) in [6.07, 6.45) is -9.46. The Morgan fingerprint density at radius 1 is 1.07 bits per heavy atom. The van der Waals surface area contributed by atoms with Gasteiger partial charge < -0.3 is 73.4 Å². The van der Waals surface area contributed by atoms with Crippen LogP contribution in [-0.4, -0.2) is 132 Å². The van der Waals surface area contributed by atoms with Crippen LogP contribution < -0.4 is 34.0 Å². The third-order valence-corrected chi connectivity index (χ3v) is 7.55. The molecule has 0 aromatic carbocycles. The van der Waals surface area contributed by atoms with E-state index in [1.807, 2.05) is 0 Å². The third kappa shape index (κ3) is 7.55. The predicted octanol–water partition coefficient (Wildman–Crippen LogP) is -5.08. The van der Waals surface area contributed by atoms with Crippen LogP contribution >= 0.6 is 0 Å². The summed E-state index contributed by atoms with van der Waals surface area (Å²) < 4.78 is 23.7. The number of azide groups is 1. The quantitative estimate of drug-likeness (QED) is 0.0624. The number of carbonyl (C=O) groups excluding carboxylic acids is 1. The van der Waals surface area contributed by atoms with Crippen molar-refractivity contribution in [2.75, 3.05) is 19.7 Å². The lowest BCUT2D eigenvalue weighted by molar-refractivity contribution is -0.301. The molecular formula is C22H43N9O9. The lowest BCUT2D eigenvalue weighted by Crippen LogP contribution is -2.68. The van der Waals surface area contributed by atoms with Crippen molar-refractivity contribution in [1.82, 2.24) is 5.32 Å². The van der Waals surface area contributed by atoms with E-state index in [1.54, 1.807) is 0 Å². The summed E-state index contributed by atoms with van der Waals surface area (Å²) in [6.45, 7) is -0.345. The first-order valence-corrected chi connectivity index (χ1v) is 13.3. The number of rotatable bonds is 11. The fourth-order valence-electron chi connectivity index (χ4n) is 5.21. The van der Waals surface area contributed by atoms with Gasteiger partial charge in [0.15, 0.2) is 12.6 Å². The Labute approximate surface area is 231 Å². The molecule has 3 rings (SSSR count). The minimum atomic E-state index is -1.57. The van der Waals surface area contributed by atoms with Gasteiger partial charge in [-0.1, -0.05) is 5.11 Å². The Morgan fingerprint density at radius 3 is 2.40 bits per heavy atom. The van der Waals surface area contributed by atoms with E-state index in [1.165, 1.54) is 0 Å². The van der Waals surface area contributed by atoms with Crippen molar-refractivity contribution in [2.45, 2.75) is 111 Å². The second-order valence-corrected chi connectivity index (χ2v) is 10.4. The van der Waals surface area contributed by atoms with E-state index in [4.69, 9.17) is 47.6 Å². The highest BCUT2D eigenvalue weighted by Gasteiger charge is 2.51. The zero-order valence-corrected chi connectivity index (χ0v) is 22.1. The molecular weight excluding hydrogens is 534 g/mol. The average Bonchev–Trinajstić information content (AvgIpc) is 2.93. The Morgan fingerprint density at radius 2 is 1.77 bits per heavy atom. The molecule has 0 bridgehead atoms. The monoisotopic (exact) mass is 577 g/mol. The molecule has 18 heteroatoms. The number of hydrogen-bond acceptors (Lipinski definition) is 15. The van der Waals surface area contributed by atoms with Crippen LogP contribution in [0, 0.1) is 0 Å². The molecule has 1 saturated carbocycles. The fraction of sp³-hybridized carbons (Fsp3) is 0.955. The third-order valence-electron chi connectivity index (χ3n) is 7.55. The Balaban J connectivity index is 1.92. The molecule has 0 radical (unpaired) electrons. The van der Waals surface area contributed by atoms with Gasteiger partial charge >= 0.3 is 0 Å². The number of carbonyl (C=O) groups is 1. The van der Waals surface area contributed by atoms with Crippen molar-refractivity contribution >= 4 is 5.91 Å². The minimum Gasteiger partial charge on any atom is -0.394 e. The molecule has 1 amide bonds. The molecule has 18 nitrogen and oxygen atoms in total. The van der Waals surface area contributed by atoms with E-state index < -0.39 is 91.9 Å². The summed E-state index contributed by atoms with van der Waals surface area (Å²) in [5, 5.41) is 47.2. The van der Waals surface area contributed by atoms with Crippen LogP contribution in [-0.2, 0) is 23.7 Å². The van der Waals surface area contributed by atoms with Crippen molar-refractivity contribution in [3.8, 4) is 0 Å². The van der Waals surface area contributed by atoms with Gasteiger partial charge in [-0.05, 0) is 37.8 Å². The molecule has 0 aromatic rings. The van der Waals surface area contributed by atoms with Gasteiger partial charge in [-0.15, -0.1) is 0 Å². The second kappa shape index (κ2) is 14.9. The lowest BCUT2D eigenvalue weighted by Gasteiger charge is -2.48. The summed E-state index contributed by atoms with van der Waals surface area (Å²) >= 11 is 0. The van der Waals surface area contributed by atoms with Crippen molar-refractivity contribution < 1.29 is 44.2 Å². The molecule has 40 heavy (non-hydrogen) atoms. The van der Waals surface area contributed by atoms with Gasteiger partial charge in [-0.3, -0.25) is 4.79 Å². The van der Waals surface area contributed by atoms with Crippen LogP contribution in [0.3, 0.4) is 0 Å². The molecule has 6 unspecified atom stereocenters. The van der Waals surface area contributed by atoms with Gasteiger partial charge in [0, 0.05) is 17.5 Å². The summed E-state index contributed by atoms with van der Waals surface area (Å²) in [5.41, 5.74) is 39.3. The SMILES string of the molecule is [N-]=[N+]=NC1C(O[C@@H]2OC(CN)CCC2N)[C@@H](N)C[C@@H](NC(=O)[C@@H](O)CCN)[C@H]1O[C@@H]1OC(CO)[C@H](O)[C@H](N)C1O. The minimum absolute atomic E-state index is 0.0110. The largest absolute Gasteiger partial charge is 0.394 e. The first kappa shape index (κ1) is 32.8. The van der Waals surface area contributed by atoms with Gasteiger partial charge in [0.1, 0.15) is 24.4 Å². The zero-order valence-electron chi connectivity index (χ0n) is 22.1. The van der Waals surface area contributed by atoms with E-state index in [9.17, 15) is 30.8 Å². The molecule has 2 heterocycles. The molecule has 3 fully saturated rings. The first-order chi connectivity index (χ1) is 19.1. The van der Waals surface area contributed by atoms with Crippen LogP contribution in [0.4, 0.5) is 0 Å². The zero-order chi connectivity index (χ0) is 29.6. The molecule has 230 valence electrons. The fourth-order valence-corrected chi connectivity index (χ4v) is 5.21. The highest BCUT2D eigenvalue weighted by molar-refractivity contribution is 5.80. The number of hydrogen-bond donors (Lipinski definition) is 10. The van der Waals surface area contributed by atoms with Crippen molar-refractivity contribution in [1.29, 1.82) is 0 Å². The molecule has 0 spiro atoms. The summed E-state index contributed by atoms with van der Waals surface area (Å²) in [7, 11) is 0. The van der Waals surface area contributed by atoms with E-state index >= 15 is 0 Å². The van der Waals surface area contributed by atoms with Gasteiger partial charge in [0.25, 0.3) is 0 Å². The maximum atomic E-state index is 12.7. The second-order valence-electron chi connectivity index (χ2n) is 10.4. The van der Waals surface area contributed by atoms with Crippen molar-refractivity contribution in [2.24, 2.45) is 33.8 Å². The Kier molecular flexibility index (Phi) is 12.2.